The van der Waals surface area contributed by atoms with Crippen molar-refractivity contribution in [2.24, 2.45) is 0 Å². The number of alkyl halides is 2. The Morgan fingerprint density at radius 1 is 1.32 bits per heavy atom. The number of benzene rings is 1. The number of hydrogen-bond acceptors (Lipinski definition) is 4. The standard InChI is InChI=1S/C22H25F2NO3/c1-3-17(5-4-16(2)14-26)18-6-7-20-19(12-18)13-22(23,24)21(28-20)8-10-25(15-27)11-9-21/h3-7,12,14,27H,1,8-11,13,15H2,2H3/b16-4+,17-5+. The van der Waals surface area contributed by atoms with E-state index in [2.05, 4.69) is 6.58 Å². The van der Waals surface area contributed by atoms with E-state index in [1.807, 2.05) is 6.07 Å². The van der Waals surface area contributed by atoms with Crippen LogP contribution in [0.3, 0.4) is 0 Å². The van der Waals surface area contributed by atoms with E-state index in [1.54, 1.807) is 42.2 Å². The minimum absolute atomic E-state index is 0.129. The molecule has 0 saturated carbocycles. The molecular weight excluding hydrogens is 364 g/mol. The Balaban J connectivity index is 1.90. The molecule has 3 rings (SSSR count). The minimum atomic E-state index is -2.99. The highest BCUT2D eigenvalue weighted by molar-refractivity contribution is 5.78. The number of carbonyl (C=O) groups excluding carboxylic acids is 1. The third-order valence-electron chi connectivity index (χ3n) is 5.57. The predicted octanol–water partition coefficient (Wildman–Crippen LogP) is 3.76. The van der Waals surface area contributed by atoms with Crippen molar-refractivity contribution in [3.8, 4) is 5.75 Å². The van der Waals surface area contributed by atoms with Crippen LogP contribution in [0.25, 0.3) is 5.57 Å². The molecule has 1 N–H and O–H groups in total. The van der Waals surface area contributed by atoms with Crippen LogP contribution in [0.4, 0.5) is 8.78 Å². The number of likely N-dealkylation sites (tertiary alicyclic amines) is 1. The fourth-order valence-electron chi connectivity index (χ4n) is 3.75. The lowest BCUT2D eigenvalue weighted by atomic mass is 9.79. The van der Waals surface area contributed by atoms with Crippen LogP contribution in [-0.4, -0.2) is 47.6 Å². The molecule has 1 aromatic carbocycles. The summed E-state index contributed by atoms with van der Waals surface area (Å²) in [6.45, 7) is 6.09. The van der Waals surface area contributed by atoms with Crippen LogP contribution in [0.5, 0.6) is 5.75 Å². The third kappa shape index (κ3) is 3.80. The van der Waals surface area contributed by atoms with Gasteiger partial charge in [-0.25, -0.2) is 8.78 Å². The fraction of sp³-hybridized carbons (Fsp3) is 0.409. The number of aldehydes is 1. The van der Waals surface area contributed by atoms with Crippen molar-refractivity contribution in [3.63, 3.8) is 0 Å². The van der Waals surface area contributed by atoms with Gasteiger partial charge in [0.1, 0.15) is 12.0 Å². The quantitative estimate of drug-likeness (QED) is 0.473. The summed E-state index contributed by atoms with van der Waals surface area (Å²) in [5, 5.41) is 9.23. The third-order valence-corrected chi connectivity index (χ3v) is 5.57. The summed E-state index contributed by atoms with van der Waals surface area (Å²) in [5.74, 6) is -2.51. The summed E-state index contributed by atoms with van der Waals surface area (Å²) in [7, 11) is 0. The van der Waals surface area contributed by atoms with Crippen molar-refractivity contribution >= 4 is 11.9 Å². The normalized spacial score (nSPS) is 21.7. The van der Waals surface area contributed by atoms with Gasteiger partial charge in [0.2, 0.25) is 0 Å². The van der Waals surface area contributed by atoms with Gasteiger partial charge in [0.15, 0.2) is 5.60 Å². The van der Waals surface area contributed by atoms with Crippen LogP contribution in [0.15, 0.2) is 48.6 Å². The van der Waals surface area contributed by atoms with Gasteiger partial charge in [-0.2, -0.15) is 0 Å². The second kappa shape index (κ2) is 7.97. The van der Waals surface area contributed by atoms with E-state index in [-0.39, 0.29) is 26.0 Å². The Hall–Kier alpha value is -2.31. The highest BCUT2D eigenvalue weighted by atomic mass is 19.3. The molecule has 0 radical (unpaired) electrons. The topological polar surface area (TPSA) is 49.8 Å². The molecule has 1 spiro atoms. The van der Waals surface area contributed by atoms with Crippen LogP contribution < -0.4 is 4.74 Å². The van der Waals surface area contributed by atoms with Crippen LogP contribution in [0, 0.1) is 0 Å². The SMILES string of the molecule is C=C/C(=C\C=C(/C)C=O)c1ccc2c(c1)CC(F)(F)C1(CCN(CO)CC1)O2. The largest absolute Gasteiger partial charge is 0.481 e. The Morgan fingerprint density at radius 2 is 2.04 bits per heavy atom. The molecule has 1 fully saturated rings. The maximum atomic E-state index is 15.1. The average Bonchev–Trinajstić information content (AvgIpc) is 2.69. The predicted molar refractivity (Wildman–Crippen MR) is 104 cm³/mol. The molecule has 0 aromatic heterocycles. The highest BCUT2D eigenvalue weighted by Gasteiger charge is 2.59. The first-order chi connectivity index (χ1) is 13.3. The van der Waals surface area contributed by atoms with Crippen LogP contribution in [-0.2, 0) is 11.2 Å². The first kappa shape index (κ1) is 20.4. The Bertz CT molecular complexity index is 821. The van der Waals surface area contributed by atoms with E-state index in [0.717, 1.165) is 17.4 Å². The smallest absolute Gasteiger partial charge is 0.291 e. The molecule has 2 aliphatic rings. The van der Waals surface area contributed by atoms with Crippen molar-refractivity contribution in [1.29, 1.82) is 0 Å². The number of nitrogens with zero attached hydrogens (tertiary/aromatic N) is 1. The first-order valence-corrected chi connectivity index (χ1v) is 9.34. The molecule has 0 unspecified atom stereocenters. The highest BCUT2D eigenvalue weighted by Crippen LogP contribution is 2.48. The van der Waals surface area contributed by atoms with Gasteiger partial charge in [0.25, 0.3) is 5.92 Å². The number of ether oxygens (including phenoxy) is 1. The molecule has 6 heteroatoms. The van der Waals surface area contributed by atoms with Crippen molar-refractivity contribution in [3.05, 3.63) is 59.7 Å². The number of hydrogen-bond donors (Lipinski definition) is 1. The van der Waals surface area contributed by atoms with Gasteiger partial charge < -0.3 is 9.84 Å². The van der Waals surface area contributed by atoms with Crippen molar-refractivity contribution < 1.29 is 23.4 Å². The van der Waals surface area contributed by atoms with Gasteiger partial charge in [-0.1, -0.05) is 30.9 Å². The van der Waals surface area contributed by atoms with Crippen LogP contribution >= 0.6 is 0 Å². The molecule has 150 valence electrons. The van der Waals surface area contributed by atoms with Gasteiger partial charge in [0.05, 0.1) is 6.73 Å². The monoisotopic (exact) mass is 389 g/mol. The first-order valence-electron chi connectivity index (χ1n) is 9.34. The molecule has 1 aromatic rings. The molecule has 2 heterocycles. The average molecular weight is 389 g/mol. The number of fused-ring (bicyclic) bond motifs is 1. The van der Waals surface area contributed by atoms with E-state index in [1.165, 1.54) is 0 Å². The summed E-state index contributed by atoms with van der Waals surface area (Å²) in [5.41, 5.74) is 0.983. The lowest BCUT2D eigenvalue weighted by Gasteiger charge is -2.48. The number of aliphatic hydroxyl groups excluding tert-OH is 1. The van der Waals surface area contributed by atoms with Crippen molar-refractivity contribution in [1.82, 2.24) is 4.90 Å². The zero-order chi connectivity index (χ0) is 20.4. The molecule has 2 aliphatic heterocycles. The van der Waals surface area contributed by atoms with Gasteiger partial charge in [-0.15, -0.1) is 0 Å². The number of halogens is 2. The van der Waals surface area contributed by atoms with E-state index >= 15 is 8.78 Å². The number of rotatable bonds is 5. The lowest BCUT2D eigenvalue weighted by molar-refractivity contribution is -0.198. The maximum absolute atomic E-state index is 15.1. The van der Waals surface area contributed by atoms with E-state index in [4.69, 9.17) is 4.74 Å². The lowest BCUT2D eigenvalue weighted by Crippen LogP contribution is -2.61. The van der Waals surface area contributed by atoms with Gasteiger partial charge in [-0.3, -0.25) is 9.69 Å². The van der Waals surface area contributed by atoms with Gasteiger partial charge in [0, 0.05) is 37.9 Å². The Kier molecular flexibility index (Phi) is 5.82. The summed E-state index contributed by atoms with van der Waals surface area (Å²) >= 11 is 0. The summed E-state index contributed by atoms with van der Waals surface area (Å²) in [6, 6.07) is 5.25. The van der Waals surface area contributed by atoms with Gasteiger partial charge in [-0.05, 0) is 35.8 Å². The second-order valence-electron chi connectivity index (χ2n) is 7.41. The molecule has 4 nitrogen and oxygen atoms in total. The second-order valence-corrected chi connectivity index (χ2v) is 7.41. The molecule has 0 atom stereocenters. The fourth-order valence-corrected chi connectivity index (χ4v) is 3.75. The van der Waals surface area contributed by atoms with E-state index in [0.29, 0.717) is 30.0 Å². The van der Waals surface area contributed by atoms with Crippen molar-refractivity contribution in [2.75, 3.05) is 19.8 Å². The van der Waals surface area contributed by atoms with Crippen LogP contribution in [0.2, 0.25) is 0 Å². The van der Waals surface area contributed by atoms with E-state index in [9.17, 15) is 9.90 Å². The minimum Gasteiger partial charge on any atom is -0.481 e. The number of aliphatic hydroxyl groups is 1. The number of carbonyl (C=O) groups is 1. The molecule has 1 saturated heterocycles. The summed E-state index contributed by atoms with van der Waals surface area (Å²) < 4.78 is 36.1. The van der Waals surface area contributed by atoms with E-state index < -0.39 is 11.5 Å². The van der Waals surface area contributed by atoms with Crippen LogP contribution in [0.1, 0.15) is 30.9 Å². The van der Waals surface area contributed by atoms with Gasteiger partial charge >= 0.3 is 0 Å². The summed E-state index contributed by atoms with van der Waals surface area (Å²) in [6.07, 6.45) is 5.75. The molecule has 0 bridgehead atoms. The maximum Gasteiger partial charge on any atom is 0.291 e. The molecule has 0 amide bonds. The van der Waals surface area contributed by atoms with Crippen molar-refractivity contribution in [2.45, 2.75) is 37.7 Å². The number of allylic oxidation sites excluding steroid dienone is 5. The Labute approximate surface area is 163 Å². The molecule has 28 heavy (non-hydrogen) atoms. The molecular formula is C22H25F2NO3. The Morgan fingerprint density at radius 3 is 2.64 bits per heavy atom. The zero-order valence-electron chi connectivity index (χ0n) is 16.0. The molecule has 0 aliphatic carbocycles. The summed E-state index contributed by atoms with van der Waals surface area (Å²) in [4.78, 5) is 12.5. The zero-order valence-corrected chi connectivity index (χ0v) is 16.0. The number of piperidine rings is 1.